The van der Waals surface area contributed by atoms with Crippen LogP contribution in [0, 0.1) is 0 Å². The fourth-order valence-electron chi connectivity index (χ4n) is 3.94. The number of sulfonamides is 1. The lowest BCUT2D eigenvalue weighted by Crippen LogP contribution is -2.44. The van der Waals surface area contributed by atoms with Gasteiger partial charge in [0.15, 0.2) is 0 Å². The van der Waals surface area contributed by atoms with E-state index >= 15 is 0 Å². The molecule has 1 aliphatic rings. The summed E-state index contributed by atoms with van der Waals surface area (Å²) in [5, 5.41) is 0. The summed E-state index contributed by atoms with van der Waals surface area (Å²) in [5.41, 5.74) is 2.79. The molecule has 160 valence electrons. The third kappa shape index (κ3) is 4.59. The summed E-state index contributed by atoms with van der Waals surface area (Å²) in [6.07, 6.45) is 0.764. The highest BCUT2D eigenvalue weighted by atomic mass is 79.9. The van der Waals surface area contributed by atoms with Crippen LogP contribution in [-0.2, 0) is 27.8 Å². The van der Waals surface area contributed by atoms with E-state index < -0.39 is 10.0 Å². The molecular weight excluding hydrogens is 476 g/mol. The number of carbonyl (C=O) groups excluding carboxylic acids is 1. The molecule has 3 aromatic rings. The van der Waals surface area contributed by atoms with Crippen molar-refractivity contribution in [3.05, 3.63) is 94.5 Å². The van der Waals surface area contributed by atoms with Crippen LogP contribution in [0.5, 0.6) is 0 Å². The first-order valence-corrected chi connectivity index (χ1v) is 12.3. The van der Waals surface area contributed by atoms with E-state index in [0.717, 1.165) is 27.7 Å². The van der Waals surface area contributed by atoms with E-state index in [1.165, 1.54) is 4.31 Å². The van der Waals surface area contributed by atoms with Crippen LogP contribution < -0.4 is 4.90 Å². The Morgan fingerprint density at radius 3 is 2.35 bits per heavy atom. The van der Waals surface area contributed by atoms with Crippen LogP contribution in [-0.4, -0.2) is 31.2 Å². The van der Waals surface area contributed by atoms with Crippen LogP contribution in [0.25, 0.3) is 0 Å². The number of hydrogen-bond acceptors (Lipinski definition) is 3. The van der Waals surface area contributed by atoms with Crippen molar-refractivity contribution in [2.75, 3.05) is 11.4 Å². The Labute approximate surface area is 191 Å². The molecule has 0 saturated carbocycles. The number of halogens is 1. The lowest BCUT2D eigenvalue weighted by molar-refractivity contribution is -0.119. The van der Waals surface area contributed by atoms with Gasteiger partial charge in [0.1, 0.15) is 0 Å². The number of fused-ring (bicyclic) bond motifs is 1. The van der Waals surface area contributed by atoms with E-state index in [2.05, 4.69) is 15.9 Å². The molecule has 7 heteroatoms. The number of anilines is 1. The van der Waals surface area contributed by atoms with Crippen molar-refractivity contribution in [1.82, 2.24) is 4.31 Å². The zero-order valence-corrected chi connectivity index (χ0v) is 19.5. The molecule has 0 radical (unpaired) electrons. The van der Waals surface area contributed by atoms with Gasteiger partial charge in [-0.05, 0) is 54.8 Å². The van der Waals surface area contributed by atoms with Gasteiger partial charge in [0, 0.05) is 22.7 Å². The molecule has 0 bridgehead atoms. The molecule has 0 saturated heterocycles. The SMILES string of the molecule is C[C@@H]1Cc2ccccc2N1C(=O)CN(Cc1ccccc1)S(=O)(=O)c1ccc(Br)cc1. The molecule has 31 heavy (non-hydrogen) atoms. The Kier molecular flexibility index (Phi) is 6.27. The summed E-state index contributed by atoms with van der Waals surface area (Å²) >= 11 is 3.34. The monoisotopic (exact) mass is 498 g/mol. The Morgan fingerprint density at radius 2 is 1.65 bits per heavy atom. The molecule has 5 nitrogen and oxygen atoms in total. The molecule has 0 N–H and O–H groups in total. The van der Waals surface area contributed by atoms with Crippen molar-refractivity contribution < 1.29 is 13.2 Å². The minimum atomic E-state index is -3.87. The molecule has 0 aliphatic carbocycles. The number of amides is 1. The maximum Gasteiger partial charge on any atom is 0.243 e. The van der Waals surface area contributed by atoms with Crippen LogP contribution in [0.1, 0.15) is 18.1 Å². The van der Waals surface area contributed by atoms with Gasteiger partial charge in [-0.15, -0.1) is 0 Å². The molecule has 0 aromatic heterocycles. The molecule has 1 amide bonds. The van der Waals surface area contributed by atoms with E-state index in [-0.39, 0.29) is 29.9 Å². The molecule has 1 atom stereocenters. The Morgan fingerprint density at radius 1 is 1.00 bits per heavy atom. The van der Waals surface area contributed by atoms with Gasteiger partial charge in [-0.3, -0.25) is 4.79 Å². The predicted molar refractivity (Wildman–Crippen MR) is 125 cm³/mol. The van der Waals surface area contributed by atoms with E-state index in [1.54, 1.807) is 29.2 Å². The van der Waals surface area contributed by atoms with Gasteiger partial charge < -0.3 is 4.90 Å². The number of rotatable bonds is 6. The van der Waals surface area contributed by atoms with Crippen LogP contribution in [0.15, 0.2) is 88.2 Å². The van der Waals surface area contributed by atoms with Gasteiger partial charge >= 0.3 is 0 Å². The van der Waals surface area contributed by atoms with Gasteiger partial charge in [-0.25, -0.2) is 8.42 Å². The molecule has 1 aliphatic heterocycles. The second-order valence-electron chi connectivity index (χ2n) is 7.66. The zero-order chi connectivity index (χ0) is 22.0. The first kappa shape index (κ1) is 21.7. The van der Waals surface area contributed by atoms with Gasteiger partial charge in [-0.1, -0.05) is 64.5 Å². The lowest BCUT2D eigenvalue weighted by Gasteiger charge is -2.27. The molecule has 3 aromatic carbocycles. The number of hydrogen-bond donors (Lipinski definition) is 0. The topological polar surface area (TPSA) is 57.7 Å². The number of benzene rings is 3. The van der Waals surface area contributed by atoms with E-state index in [0.29, 0.717) is 0 Å². The van der Waals surface area contributed by atoms with Crippen LogP contribution >= 0.6 is 15.9 Å². The number of carbonyl (C=O) groups is 1. The summed E-state index contributed by atoms with van der Waals surface area (Å²) in [4.78, 5) is 15.3. The third-order valence-electron chi connectivity index (χ3n) is 5.44. The smallest absolute Gasteiger partial charge is 0.243 e. The van der Waals surface area contributed by atoms with Gasteiger partial charge in [-0.2, -0.15) is 4.31 Å². The van der Waals surface area contributed by atoms with Crippen molar-refractivity contribution in [2.45, 2.75) is 30.8 Å². The molecule has 0 unspecified atom stereocenters. The zero-order valence-electron chi connectivity index (χ0n) is 17.1. The van der Waals surface area contributed by atoms with E-state index in [1.807, 2.05) is 61.5 Å². The predicted octanol–water partition coefficient (Wildman–Crippen LogP) is 4.62. The van der Waals surface area contributed by atoms with Crippen LogP contribution in [0.2, 0.25) is 0 Å². The lowest BCUT2D eigenvalue weighted by atomic mass is 10.1. The minimum absolute atomic E-state index is 0.0149. The van der Waals surface area contributed by atoms with Crippen molar-refractivity contribution in [1.29, 1.82) is 0 Å². The van der Waals surface area contributed by atoms with Gasteiger partial charge in [0.25, 0.3) is 0 Å². The van der Waals surface area contributed by atoms with E-state index in [9.17, 15) is 13.2 Å². The standard InChI is InChI=1S/C24H23BrN2O3S/c1-18-15-20-9-5-6-10-23(20)27(18)24(28)17-26(16-19-7-3-2-4-8-19)31(29,30)22-13-11-21(25)12-14-22/h2-14,18H,15-17H2,1H3/t18-/m1/s1. The Hall–Kier alpha value is -2.48. The Balaban J connectivity index is 1.66. The van der Waals surface area contributed by atoms with Crippen molar-refractivity contribution in [3.63, 3.8) is 0 Å². The largest absolute Gasteiger partial charge is 0.308 e. The highest BCUT2D eigenvalue weighted by molar-refractivity contribution is 9.10. The molecule has 0 spiro atoms. The van der Waals surface area contributed by atoms with Crippen molar-refractivity contribution >= 4 is 37.5 Å². The fourth-order valence-corrected chi connectivity index (χ4v) is 5.58. The average molecular weight is 499 g/mol. The average Bonchev–Trinajstić information content (AvgIpc) is 3.10. The summed E-state index contributed by atoms with van der Waals surface area (Å²) in [6, 6.07) is 23.6. The fraction of sp³-hybridized carbons (Fsp3) is 0.208. The maximum atomic E-state index is 13.5. The molecule has 0 fully saturated rings. The molecule has 4 rings (SSSR count). The molecular formula is C24H23BrN2O3S. The van der Waals surface area contributed by atoms with Gasteiger partial charge in [0.2, 0.25) is 15.9 Å². The first-order valence-electron chi connectivity index (χ1n) is 10.1. The molecule has 1 heterocycles. The van der Waals surface area contributed by atoms with Crippen molar-refractivity contribution in [3.8, 4) is 0 Å². The Bertz CT molecular complexity index is 1180. The van der Waals surface area contributed by atoms with E-state index in [4.69, 9.17) is 0 Å². The summed E-state index contributed by atoms with van der Waals surface area (Å²) in [7, 11) is -3.87. The van der Waals surface area contributed by atoms with Crippen LogP contribution in [0.3, 0.4) is 0 Å². The summed E-state index contributed by atoms with van der Waals surface area (Å²) in [5.74, 6) is -0.228. The normalized spacial score (nSPS) is 15.8. The number of para-hydroxylation sites is 1. The van der Waals surface area contributed by atoms with Crippen molar-refractivity contribution in [2.24, 2.45) is 0 Å². The quantitative estimate of drug-likeness (QED) is 0.498. The summed E-state index contributed by atoms with van der Waals surface area (Å²) in [6.45, 7) is 1.88. The third-order valence-corrected chi connectivity index (χ3v) is 7.78. The maximum absolute atomic E-state index is 13.5. The van der Waals surface area contributed by atoms with Gasteiger partial charge in [0.05, 0.1) is 11.4 Å². The second-order valence-corrected chi connectivity index (χ2v) is 10.5. The minimum Gasteiger partial charge on any atom is -0.308 e. The van der Waals surface area contributed by atoms with Crippen LogP contribution in [0.4, 0.5) is 5.69 Å². The highest BCUT2D eigenvalue weighted by Crippen LogP contribution is 2.32. The summed E-state index contributed by atoms with van der Waals surface area (Å²) < 4.78 is 29.0. The second kappa shape index (κ2) is 8.94. The first-order chi connectivity index (χ1) is 14.9. The highest BCUT2D eigenvalue weighted by Gasteiger charge is 2.34. The number of nitrogens with zero attached hydrogens (tertiary/aromatic N) is 2.